The van der Waals surface area contributed by atoms with Crippen LogP contribution in [0.1, 0.15) is 15.9 Å². The summed E-state index contributed by atoms with van der Waals surface area (Å²) in [4.78, 5) is 12.4. The van der Waals surface area contributed by atoms with Crippen LogP contribution in [0.15, 0.2) is 22.1 Å². The molecule has 1 aromatic rings. The molecule has 0 aromatic heterocycles. The molecule has 0 saturated carbocycles. The zero-order valence-electron chi connectivity index (χ0n) is 8.45. The van der Waals surface area contributed by atoms with Gasteiger partial charge in [0, 0.05) is 10.6 Å². The van der Waals surface area contributed by atoms with E-state index in [0.29, 0.717) is 0 Å². The summed E-state index contributed by atoms with van der Waals surface area (Å²) < 4.78 is 34.5. The van der Waals surface area contributed by atoms with Gasteiger partial charge in [-0.15, -0.1) is 3.89 Å². The van der Waals surface area contributed by atoms with Gasteiger partial charge in [-0.1, -0.05) is 5.11 Å². The number of rotatable bonds is 3. The van der Waals surface area contributed by atoms with Gasteiger partial charge in [-0.2, -0.15) is 8.42 Å². The van der Waals surface area contributed by atoms with Crippen molar-refractivity contribution in [3.63, 3.8) is 0 Å². The quantitative estimate of drug-likeness (QED) is 0.387. The lowest BCUT2D eigenvalue weighted by atomic mass is 10.1. The minimum atomic E-state index is -5.08. The van der Waals surface area contributed by atoms with Gasteiger partial charge in [0.1, 0.15) is 4.90 Å². The first-order valence-corrected chi connectivity index (χ1v) is 5.53. The van der Waals surface area contributed by atoms with Crippen LogP contribution in [0.4, 0.5) is 9.57 Å². The number of azide groups is 1. The third kappa shape index (κ3) is 2.71. The SMILES string of the molecule is Cc1c(C(=O)O)cc(N=[N+]=[N-])cc1S(=O)(=O)F. The van der Waals surface area contributed by atoms with E-state index < -0.39 is 26.7 Å². The summed E-state index contributed by atoms with van der Waals surface area (Å²) in [6, 6.07) is 1.74. The Morgan fingerprint density at radius 1 is 1.53 bits per heavy atom. The molecule has 9 heteroatoms. The number of carboxylic acids is 1. The van der Waals surface area contributed by atoms with Crippen molar-refractivity contribution in [1.82, 2.24) is 0 Å². The molecule has 1 N–H and O–H groups in total. The Bertz CT molecular complexity index is 634. The molecule has 7 nitrogen and oxygen atoms in total. The molecule has 0 radical (unpaired) electrons. The minimum Gasteiger partial charge on any atom is -0.478 e. The van der Waals surface area contributed by atoms with Gasteiger partial charge in [0.15, 0.2) is 0 Å². The van der Waals surface area contributed by atoms with Gasteiger partial charge in [-0.3, -0.25) is 0 Å². The third-order valence-corrected chi connectivity index (χ3v) is 2.95. The highest BCUT2D eigenvalue weighted by molar-refractivity contribution is 7.86. The van der Waals surface area contributed by atoms with E-state index in [4.69, 9.17) is 10.6 Å². The summed E-state index contributed by atoms with van der Waals surface area (Å²) in [5.41, 5.74) is 7.20. The molecule has 0 spiro atoms. The average Bonchev–Trinajstić information content (AvgIpc) is 2.18. The van der Waals surface area contributed by atoms with E-state index in [1.165, 1.54) is 0 Å². The number of carboxylic acid groups (broad SMARTS) is 1. The average molecular weight is 259 g/mol. The molecule has 1 aromatic carbocycles. The van der Waals surface area contributed by atoms with E-state index in [9.17, 15) is 17.1 Å². The molecule has 90 valence electrons. The van der Waals surface area contributed by atoms with Gasteiger partial charge < -0.3 is 5.11 Å². The molecule has 0 heterocycles. The lowest BCUT2D eigenvalue weighted by Crippen LogP contribution is -2.04. The summed E-state index contributed by atoms with van der Waals surface area (Å²) in [6.45, 7) is 1.15. The first-order chi connectivity index (χ1) is 7.77. The van der Waals surface area contributed by atoms with Crippen LogP contribution in [0.5, 0.6) is 0 Å². The number of nitrogens with zero attached hydrogens (tertiary/aromatic N) is 3. The first kappa shape index (κ1) is 12.9. The van der Waals surface area contributed by atoms with Crippen molar-refractivity contribution in [2.45, 2.75) is 11.8 Å². The summed E-state index contributed by atoms with van der Waals surface area (Å²) >= 11 is 0. The first-order valence-electron chi connectivity index (χ1n) is 4.15. The van der Waals surface area contributed by atoms with Crippen LogP contribution in [-0.4, -0.2) is 19.5 Å². The molecule has 0 saturated heterocycles. The predicted octanol–water partition coefficient (Wildman–Crippen LogP) is 2.29. The van der Waals surface area contributed by atoms with Crippen molar-refractivity contribution >= 4 is 21.9 Å². The second-order valence-corrected chi connectivity index (χ2v) is 4.36. The molecule has 0 unspecified atom stereocenters. The lowest BCUT2D eigenvalue weighted by molar-refractivity contribution is 0.0696. The number of hydrogen-bond acceptors (Lipinski definition) is 4. The summed E-state index contributed by atoms with van der Waals surface area (Å²) in [7, 11) is -5.08. The summed E-state index contributed by atoms with van der Waals surface area (Å²) in [6.07, 6.45) is 0. The normalized spacial score (nSPS) is 10.7. The largest absolute Gasteiger partial charge is 0.478 e. The highest BCUT2D eigenvalue weighted by Crippen LogP contribution is 2.27. The van der Waals surface area contributed by atoms with Crippen molar-refractivity contribution in [3.05, 3.63) is 33.7 Å². The van der Waals surface area contributed by atoms with Gasteiger partial charge in [-0.25, -0.2) is 4.79 Å². The van der Waals surface area contributed by atoms with Gasteiger partial charge in [-0.05, 0) is 30.2 Å². The van der Waals surface area contributed by atoms with Gasteiger partial charge in [0.2, 0.25) is 0 Å². The molecular formula is C8H6FN3O4S. The molecule has 0 bridgehead atoms. The fourth-order valence-electron chi connectivity index (χ4n) is 1.26. The lowest BCUT2D eigenvalue weighted by Gasteiger charge is -2.06. The molecule has 0 atom stereocenters. The summed E-state index contributed by atoms with van der Waals surface area (Å²) in [5.74, 6) is -1.44. The minimum absolute atomic E-state index is 0.253. The highest BCUT2D eigenvalue weighted by atomic mass is 32.3. The van der Waals surface area contributed by atoms with Crippen molar-refractivity contribution in [3.8, 4) is 0 Å². The maximum absolute atomic E-state index is 12.9. The number of halogens is 1. The topological polar surface area (TPSA) is 120 Å². The maximum Gasteiger partial charge on any atom is 0.336 e. The molecule has 1 rings (SSSR count). The number of benzene rings is 1. The molecule has 0 aliphatic rings. The van der Waals surface area contributed by atoms with E-state index in [0.717, 1.165) is 19.1 Å². The van der Waals surface area contributed by atoms with Gasteiger partial charge in [0.25, 0.3) is 0 Å². The van der Waals surface area contributed by atoms with Crippen LogP contribution in [0.25, 0.3) is 10.4 Å². The Labute approximate surface area is 95.3 Å². The predicted molar refractivity (Wildman–Crippen MR) is 55.2 cm³/mol. The smallest absolute Gasteiger partial charge is 0.336 e. The van der Waals surface area contributed by atoms with Crippen LogP contribution in [0, 0.1) is 6.92 Å². The van der Waals surface area contributed by atoms with Crippen LogP contribution in [-0.2, 0) is 10.2 Å². The van der Waals surface area contributed by atoms with E-state index in [1.54, 1.807) is 0 Å². The van der Waals surface area contributed by atoms with E-state index in [-0.39, 0.29) is 11.3 Å². The monoisotopic (exact) mass is 259 g/mol. The van der Waals surface area contributed by atoms with Crippen LogP contribution in [0.2, 0.25) is 0 Å². The molecule has 0 fully saturated rings. The molecule has 17 heavy (non-hydrogen) atoms. The zero-order valence-corrected chi connectivity index (χ0v) is 9.27. The standard InChI is InChI=1S/C8H6FN3O4S/c1-4-6(8(13)14)2-5(11-12-10)3-7(4)17(9,15)16/h2-3H,1H3,(H,13,14). The van der Waals surface area contributed by atoms with E-state index >= 15 is 0 Å². The van der Waals surface area contributed by atoms with Crippen LogP contribution < -0.4 is 0 Å². The Hall–Kier alpha value is -2.12. The van der Waals surface area contributed by atoms with E-state index in [2.05, 4.69) is 10.0 Å². The number of hydrogen-bond donors (Lipinski definition) is 1. The molecular weight excluding hydrogens is 253 g/mol. The van der Waals surface area contributed by atoms with Crippen molar-refractivity contribution in [2.75, 3.05) is 0 Å². The zero-order chi connectivity index (χ0) is 13.2. The second-order valence-electron chi connectivity index (χ2n) is 3.05. The third-order valence-electron chi connectivity index (χ3n) is 2.00. The van der Waals surface area contributed by atoms with E-state index in [1.807, 2.05) is 0 Å². The van der Waals surface area contributed by atoms with Gasteiger partial charge >= 0.3 is 16.2 Å². The van der Waals surface area contributed by atoms with Crippen molar-refractivity contribution in [1.29, 1.82) is 0 Å². The molecule has 0 amide bonds. The van der Waals surface area contributed by atoms with Crippen molar-refractivity contribution < 1.29 is 22.2 Å². The molecule has 0 aliphatic heterocycles. The van der Waals surface area contributed by atoms with Crippen molar-refractivity contribution in [2.24, 2.45) is 5.11 Å². The summed E-state index contributed by atoms with van der Waals surface area (Å²) in [5, 5.41) is 11.8. The Morgan fingerprint density at radius 2 is 2.12 bits per heavy atom. The van der Waals surface area contributed by atoms with Gasteiger partial charge in [0.05, 0.1) is 5.56 Å². The number of carbonyl (C=O) groups is 1. The Balaban J connectivity index is 3.72. The van der Waals surface area contributed by atoms with Crippen LogP contribution >= 0.6 is 0 Å². The number of aromatic carboxylic acids is 1. The maximum atomic E-state index is 12.9. The highest BCUT2D eigenvalue weighted by Gasteiger charge is 2.21. The Kier molecular flexibility index (Phi) is 3.35. The fourth-order valence-corrected chi connectivity index (χ4v) is 2.00. The second kappa shape index (κ2) is 4.40. The molecule has 0 aliphatic carbocycles. The Morgan fingerprint density at radius 3 is 2.53 bits per heavy atom. The fraction of sp³-hybridized carbons (Fsp3) is 0.125. The van der Waals surface area contributed by atoms with Crippen LogP contribution in [0.3, 0.4) is 0 Å².